The fraction of sp³-hybridized carbons (Fsp3) is 0.500. The number of carbonyl (C=O) groups is 1. The minimum Gasteiger partial charge on any atom is -0.496 e. The highest BCUT2D eigenvalue weighted by Crippen LogP contribution is 2.21. The molecule has 0 spiro atoms. The van der Waals surface area contributed by atoms with Crippen molar-refractivity contribution in [3.05, 3.63) is 29.6 Å². The first-order valence-corrected chi connectivity index (χ1v) is 6.37. The Morgan fingerprint density at radius 1 is 1.42 bits per heavy atom. The predicted molar refractivity (Wildman–Crippen MR) is 72.8 cm³/mol. The maximum Gasteiger partial charge on any atom is 0.258 e. The van der Waals surface area contributed by atoms with Crippen molar-refractivity contribution in [1.29, 1.82) is 0 Å². The molecule has 0 radical (unpaired) electrons. The number of halogens is 1. The van der Waals surface area contributed by atoms with Crippen molar-refractivity contribution >= 4 is 5.91 Å². The maximum absolute atomic E-state index is 13.7. The molecule has 1 amide bonds. The Labute approximate surface area is 113 Å². The summed E-state index contributed by atoms with van der Waals surface area (Å²) in [6, 6.07) is 4.27. The minimum atomic E-state index is -0.604. The number of nitrogens with two attached hydrogens (primary N) is 1. The van der Waals surface area contributed by atoms with E-state index >= 15 is 0 Å². The summed E-state index contributed by atoms with van der Waals surface area (Å²) in [5, 5.41) is 2.67. The first-order chi connectivity index (χ1) is 8.97. The zero-order valence-corrected chi connectivity index (χ0v) is 11.6. The highest BCUT2D eigenvalue weighted by Gasteiger charge is 2.23. The average Bonchev–Trinajstić information content (AvgIpc) is 2.44. The molecule has 19 heavy (non-hydrogen) atoms. The number of nitrogens with one attached hydrogen (secondary N) is 1. The van der Waals surface area contributed by atoms with E-state index in [9.17, 15) is 9.18 Å². The number of carbonyl (C=O) groups excluding carboxylic acids is 1. The number of methoxy groups -OCH3 is 1. The van der Waals surface area contributed by atoms with E-state index in [0.29, 0.717) is 6.54 Å². The van der Waals surface area contributed by atoms with Crippen molar-refractivity contribution in [2.45, 2.75) is 32.2 Å². The second-order valence-electron chi connectivity index (χ2n) is 4.57. The summed E-state index contributed by atoms with van der Waals surface area (Å²) < 4.78 is 18.7. The van der Waals surface area contributed by atoms with Crippen LogP contribution in [0.4, 0.5) is 4.39 Å². The lowest BCUT2D eigenvalue weighted by molar-refractivity contribution is 0.0935. The number of rotatable bonds is 6. The molecule has 0 atom stereocenters. The fourth-order valence-corrected chi connectivity index (χ4v) is 1.74. The fourth-order valence-electron chi connectivity index (χ4n) is 1.74. The van der Waals surface area contributed by atoms with Crippen LogP contribution >= 0.6 is 0 Å². The van der Waals surface area contributed by atoms with Gasteiger partial charge in [-0.25, -0.2) is 4.39 Å². The van der Waals surface area contributed by atoms with E-state index < -0.39 is 17.3 Å². The monoisotopic (exact) mass is 268 g/mol. The smallest absolute Gasteiger partial charge is 0.258 e. The Kier molecular flexibility index (Phi) is 5.30. The van der Waals surface area contributed by atoms with E-state index in [2.05, 4.69) is 5.32 Å². The Hall–Kier alpha value is -1.62. The van der Waals surface area contributed by atoms with Gasteiger partial charge in [0, 0.05) is 12.1 Å². The molecule has 1 aromatic rings. The number of ether oxygens (including phenoxy) is 1. The van der Waals surface area contributed by atoms with Gasteiger partial charge in [-0.2, -0.15) is 0 Å². The van der Waals surface area contributed by atoms with Crippen molar-refractivity contribution in [2.75, 3.05) is 13.7 Å². The quantitative estimate of drug-likeness (QED) is 0.830. The molecular weight excluding hydrogens is 247 g/mol. The predicted octanol–water partition coefficient (Wildman–Crippen LogP) is 2.08. The summed E-state index contributed by atoms with van der Waals surface area (Å²) in [7, 11) is 1.40. The lowest BCUT2D eigenvalue weighted by Gasteiger charge is -2.27. The third-order valence-corrected chi connectivity index (χ3v) is 3.43. The summed E-state index contributed by atoms with van der Waals surface area (Å²) in [6.07, 6.45) is 1.47. The third-order valence-electron chi connectivity index (χ3n) is 3.43. The standard InChI is InChI=1S/C14H21FN2O2/c1-4-14(16,5-2)9-17-13(18)12-10(15)7-6-8-11(12)19-3/h6-8H,4-5,9,16H2,1-3H3,(H,17,18). The van der Waals surface area contributed by atoms with Crippen LogP contribution in [0.5, 0.6) is 5.75 Å². The number of amides is 1. The van der Waals surface area contributed by atoms with Gasteiger partial charge in [0.05, 0.1) is 7.11 Å². The van der Waals surface area contributed by atoms with Crippen LogP contribution in [0.25, 0.3) is 0 Å². The SMILES string of the molecule is CCC(N)(CC)CNC(=O)c1c(F)cccc1OC. The highest BCUT2D eigenvalue weighted by molar-refractivity contribution is 5.97. The molecule has 0 aliphatic rings. The van der Waals surface area contributed by atoms with Gasteiger partial charge in [-0.05, 0) is 25.0 Å². The summed E-state index contributed by atoms with van der Waals surface area (Å²) in [5.41, 5.74) is 5.54. The van der Waals surface area contributed by atoms with E-state index in [0.717, 1.165) is 12.8 Å². The molecule has 0 aliphatic carbocycles. The van der Waals surface area contributed by atoms with Gasteiger partial charge in [-0.15, -0.1) is 0 Å². The Morgan fingerprint density at radius 3 is 2.58 bits per heavy atom. The van der Waals surface area contributed by atoms with Gasteiger partial charge in [0.1, 0.15) is 17.1 Å². The van der Waals surface area contributed by atoms with Gasteiger partial charge in [0.15, 0.2) is 0 Å². The molecular formula is C14H21FN2O2. The van der Waals surface area contributed by atoms with Crippen molar-refractivity contribution in [1.82, 2.24) is 5.32 Å². The van der Waals surface area contributed by atoms with Crippen LogP contribution in [0.2, 0.25) is 0 Å². The van der Waals surface area contributed by atoms with Gasteiger partial charge in [0.25, 0.3) is 5.91 Å². The molecule has 3 N–H and O–H groups in total. The van der Waals surface area contributed by atoms with Crippen LogP contribution in [-0.2, 0) is 0 Å². The topological polar surface area (TPSA) is 64.3 Å². The second kappa shape index (κ2) is 6.52. The molecule has 0 aromatic heterocycles. The molecule has 1 aromatic carbocycles. The van der Waals surface area contributed by atoms with Gasteiger partial charge < -0.3 is 15.8 Å². The second-order valence-corrected chi connectivity index (χ2v) is 4.57. The molecule has 0 fully saturated rings. The van der Waals surface area contributed by atoms with Crippen molar-refractivity contribution in [3.63, 3.8) is 0 Å². The van der Waals surface area contributed by atoms with Gasteiger partial charge in [-0.1, -0.05) is 19.9 Å². The van der Waals surface area contributed by atoms with Crippen LogP contribution in [0.1, 0.15) is 37.0 Å². The molecule has 0 heterocycles. The number of benzene rings is 1. The van der Waals surface area contributed by atoms with Crippen LogP contribution in [0.15, 0.2) is 18.2 Å². The zero-order chi connectivity index (χ0) is 14.5. The highest BCUT2D eigenvalue weighted by atomic mass is 19.1. The largest absolute Gasteiger partial charge is 0.496 e. The van der Waals surface area contributed by atoms with Gasteiger partial charge in [-0.3, -0.25) is 4.79 Å². The van der Waals surface area contributed by atoms with E-state index in [1.54, 1.807) is 6.07 Å². The number of hydrogen-bond acceptors (Lipinski definition) is 3. The Bertz CT molecular complexity index is 445. The van der Waals surface area contributed by atoms with Crippen LogP contribution in [0, 0.1) is 5.82 Å². The Morgan fingerprint density at radius 2 is 2.05 bits per heavy atom. The summed E-state index contributed by atoms with van der Waals surface area (Å²) >= 11 is 0. The molecule has 1 rings (SSSR count). The molecule has 4 nitrogen and oxygen atoms in total. The van der Waals surface area contributed by atoms with Gasteiger partial charge in [0.2, 0.25) is 0 Å². The van der Waals surface area contributed by atoms with Crippen molar-refractivity contribution in [3.8, 4) is 5.75 Å². The van der Waals surface area contributed by atoms with Crippen molar-refractivity contribution in [2.24, 2.45) is 5.73 Å². The number of hydrogen-bond donors (Lipinski definition) is 2. The lowest BCUT2D eigenvalue weighted by Crippen LogP contribution is -2.49. The zero-order valence-electron chi connectivity index (χ0n) is 11.6. The van der Waals surface area contributed by atoms with Crippen LogP contribution in [-0.4, -0.2) is 25.1 Å². The first-order valence-electron chi connectivity index (χ1n) is 6.37. The molecule has 0 saturated carbocycles. The molecule has 0 saturated heterocycles. The van der Waals surface area contributed by atoms with E-state index in [4.69, 9.17) is 10.5 Å². The van der Waals surface area contributed by atoms with E-state index in [1.165, 1.54) is 19.2 Å². The molecule has 5 heteroatoms. The Balaban J connectivity index is 2.85. The summed E-state index contributed by atoms with van der Waals surface area (Å²) in [4.78, 5) is 12.0. The first kappa shape index (κ1) is 15.4. The minimum absolute atomic E-state index is 0.0837. The van der Waals surface area contributed by atoms with Crippen molar-refractivity contribution < 1.29 is 13.9 Å². The lowest BCUT2D eigenvalue weighted by atomic mass is 9.94. The summed E-state index contributed by atoms with van der Waals surface area (Å²) in [5.74, 6) is -0.896. The average molecular weight is 268 g/mol. The van der Waals surface area contributed by atoms with Crippen LogP contribution in [0.3, 0.4) is 0 Å². The molecule has 0 bridgehead atoms. The maximum atomic E-state index is 13.7. The van der Waals surface area contributed by atoms with Crippen LogP contribution < -0.4 is 15.8 Å². The van der Waals surface area contributed by atoms with E-state index in [1.807, 2.05) is 13.8 Å². The third kappa shape index (κ3) is 3.67. The normalized spacial score (nSPS) is 11.2. The van der Waals surface area contributed by atoms with Gasteiger partial charge >= 0.3 is 0 Å². The summed E-state index contributed by atoms with van der Waals surface area (Å²) in [6.45, 7) is 4.22. The molecule has 106 valence electrons. The molecule has 0 aliphatic heterocycles. The van der Waals surface area contributed by atoms with E-state index in [-0.39, 0.29) is 11.3 Å². The molecule has 0 unspecified atom stereocenters.